The Morgan fingerprint density at radius 2 is 1.69 bits per heavy atom. The summed E-state index contributed by atoms with van der Waals surface area (Å²) in [4.78, 5) is 0. The van der Waals surface area contributed by atoms with E-state index in [4.69, 9.17) is 22.7 Å². The van der Waals surface area contributed by atoms with Crippen LogP contribution in [0.4, 0.5) is 0 Å². The van der Waals surface area contributed by atoms with Crippen molar-refractivity contribution in [1.29, 1.82) is 0 Å². The minimum Gasteiger partial charge on any atom is -0.168 e. The van der Waals surface area contributed by atoms with Crippen LogP contribution in [0.25, 0.3) is 0 Å². The molecule has 1 rings (SSSR count). The Kier molecular flexibility index (Phi) is 3.83. The molecule has 3 heteroatoms. The minimum absolute atomic E-state index is 0.797. The quantitative estimate of drug-likeness (QED) is 0.538. The number of halogens is 2. The molecule has 0 atom stereocenters. The standard InChI is InChI=1S/C10H14Cl2Si/c1-13(2,12)8-7-9-3-5-10(11)6-4-9/h3-6H,7-8H2,1-2H3. The molecule has 0 fully saturated rings. The first-order valence-electron chi connectivity index (χ1n) is 4.41. The average Bonchev–Trinajstić information content (AvgIpc) is 2.02. The van der Waals surface area contributed by atoms with Gasteiger partial charge in [-0.15, -0.1) is 0 Å². The monoisotopic (exact) mass is 232 g/mol. The van der Waals surface area contributed by atoms with Crippen LogP contribution in [0, 0.1) is 0 Å². The van der Waals surface area contributed by atoms with Crippen molar-refractivity contribution in [2.75, 3.05) is 0 Å². The van der Waals surface area contributed by atoms with E-state index in [-0.39, 0.29) is 0 Å². The Bertz CT molecular complexity index is 261. The molecule has 0 aliphatic carbocycles. The lowest BCUT2D eigenvalue weighted by Gasteiger charge is -2.11. The molecular formula is C10H14Cl2Si. The van der Waals surface area contributed by atoms with Gasteiger partial charge in [-0.3, -0.25) is 0 Å². The molecule has 0 bridgehead atoms. The first-order chi connectivity index (χ1) is 5.97. The molecule has 0 aromatic heterocycles. The van der Waals surface area contributed by atoms with Crippen LogP contribution >= 0.6 is 22.7 Å². The van der Waals surface area contributed by atoms with Crippen LogP contribution < -0.4 is 0 Å². The fraction of sp³-hybridized carbons (Fsp3) is 0.400. The van der Waals surface area contributed by atoms with E-state index in [1.54, 1.807) is 0 Å². The maximum atomic E-state index is 6.23. The second kappa shape index (κ2) is 4.49. The topological polar surface area (TPSA) is 0 Å². The molecule has 0 heterocycles. The van der Waals surface area contributed by atoms with Crippen molar-refractivity contribution in [3.8, 4) is 0 Å². The summed E-state index contributed by atoms with van der Waals surface area (Å²) in [5, 5.41) is 0.797. The van der Waals surface area contributed by atoms with Crippen LogP contribution in [0.3, 0.4) is 0 Å². The van der Waals surface area contributed by atoms with E-state index in [1.165, 1.54) is 5.56 Å². The molecule has 0 nitrogen and oxygen atoms in total. The van der Waals surface area contributed by atoms with Gasteiger partial charge in [0.05, 0.1) is 0 Å². The highest BCUT2D eigenvalue weighted by molar-refractivity contribution is 7.19. The highest BCUT2D eigenvalue weighted by atomic mass is 35.6. The van der Waals surface area contributed by atoms with E-state index in [0.29, 0.717) is 0 Å². The number of hydrogen-bond donors (Lipinski definition) is 0. The molecule has 0 aliphatic heterocycles. The van der Waals surface area contributed by atoms with Gasteiger partial charge in [0.25, 0.3) is 0 Å². The Morgan fingerprint density at radius 3 is 2.15 bits per heavy atom. The first-order valence-corrected chi connectivity index (χ1v) is 9.00. The molecule has 0 spiro atoms. The van der Waals surface area contributed by atoms with Gasteiger partial charge in [0.15, 0.2) is 7.38 Å². The highest BCUT2D eigenvalue weighted by Gasteiger charge is 2.15. The van der Waals surface area contributed by atoms with E-state index in [9.17, 15) is 0 Å². The van der Waals surface area contributed by atoms with Gasteiger partial charge in [-0.1, -0.05) is 36.8 Å². The fourth-order valence-electron chi connectivity index (χ4n) is 1.09. The second-order valence-corrected chi connectivity index (χ2v) is 11.3. The van der Waals surface area contributed by atoms with Gasteiger partial charge in [0.1, 0.15) is 0 Å². The summed E-state index contributed by atoms with van der Waals surface area (Å²) in [7, 11) is -1.41. The van der Waals surface area contributed by atoms with Gasteiger partial charge in [0.2, 0.25) is 0 Å². The van der Waals surface area contributed by atoms with Gasteiger partial charge < -0.3 is 0 Å². The molecule has 72 valence electrons. The van der Waals surface area contributed by atoms with Crippen molar-refractivity contribution < 1.29 is 0 Å². The summed E-state index contributed by atoms with van der Waals surface area (Å²) < 4.78 is 0. The summed E-state index contributed by atoms with van der Waals surface area (Å²) in [5.41, 5.74) is 1.32. The minimum atomic E-state index is -1.41. The maximum absolute atomic E-state index is 6.23. The molecule has 1 aromatic rings. The molecular weight excluding hydrogens is 219 g/mol. The number of benzene rings is 1. The van der Waals surface area contributed by atoms with Crippen molar-refractivity contribution in [2.24, 2.45) is 0 Å². The molecule has 0 radical (unpaired) electrons. The normalized spacial score (nSPS) is 11.7. The average molecular weight is 233 g/mol. The zero-order valence-electron chi connectivity index (χ0n) is 7.98. The Labute approximate surface area is 90.6 Å². The number of hydrogen-bond acceptors (Lipinski definition) is 0. The van der Waals surface area contributed by atoms with Gasteiger partial charge in [-0.2, -0.15) is 11.1 Å². The largest absolute Gasteiger partial charge is 0.168 e. The summed E-state index contributed by atoms with van der Waals surface area (Å²) in [6.07, 6.45) is 1.07. The number of rotatable bonds is 3. The molecule has 0 aliphatic rings. The smallest absolute Gasteiger partial charge is 0.150 e. The third kappa shape index (κ3) is 4.70. The molecule has 0 amide bonds. The summed E-state index contributed by atoms with van der Waals surface area (Å²) in [6, 6.07) is 9.12. The lowest BCUT2D eigenvalue weighted by Crippen LogP contribution is -2.16. The predicted octanol–water partition coefficient (Wildman–Crippen LogP) is 4.33. The van der Waals surface area contributed by atoms with Crippen LogP contribution in [0.2, 0.25) is 24.2 Å². The Hall–Kier alpha value is 0.0169. The Balaban J connectivity index is 2.51. The van der Waals surface area contributed by atoms with Crippen molar-refractivity contribution >= 4 is 30.1 Å². The molecule has 13 heavy (non-hydrogen) atoms. The van der Waals surface area contributed by atoms with E-state index in [0.717, 1.165) is 17.5 Å². The zero-order chi connectivity index (χ0) is 9.90. The van der Waals surface area contributed by atoms with Crippen LogP contribution in [0.1, 0.15) is 5.56 Å². The van der Waals surface area contributed by atoms with Crippen LogP contribution in [0.15, 0.2) is 24.3 Å². The SMILES string of the molecule is C[Si](C)(Cl)CCc1ccc(Cl)cc1. The molecule has 0 saturated carbocycles. The van der Waals surface area contributed by atoms with Crippen molar-refractivity contribution in [3.63, 3.8) is 0 Å². The van der Waals surface area contributed by atoms with Crippen molar-refractivity contribution in [3.05, 3.63) is 34.9 Å². The van der Waals surface area contributed by atoms with E-state index in [1.807, 2.05) is 12.1 Å². The van der Waals surface area contributed by atoms with Crippen LogP contribution in [-0.2, 0) is 6.42 Å². The summed E-state index contributed by atoms with van der Waals surface area (Å²) in [6.45, 7) is 4.34. The van der Waals surface area contributed by atoms with E-state index in [2.05, 4.69) is 25.2 Å². The van der Waals surface area contributed by atoms with Crippen LogP contribution in [-0.4, -0.2) is 7.38 Å². The highest BCUT2D eigenvalue weighted by Crippen LogP contribution is 2.18. The molecule has 0 saturated heterocycles. The number of aryl methyl sites for hydroxylation is 1. The maximum Gasteiger partial charge on any atom is 0.150 e. The lowest BCUT2D eigenvalue weighted by atomic mass is 10.2. The van der Waals surface area contributed by atoms with Gasteiger partial charge in [-0.25, -0.2) is 0 Å². The lowest BCUT2D eigenvalue weighted by molar-refractivity contribution is 1.11. The first kappa shape index (κ1) is 11.1. The third-order valence-corrected chi connectivity index (χ3v) is 4.18. The predicted molar refractivity (Wildman–Crippen MR) is 63.3 cm³/mol. The zero-order valence-corrected chi connectivity index (χ0v) is 10.5. The molecule has 0 unspecified atom stereocenters. The molecule has 0 N–H and O–H groups in total. The summed E-state index contributed by atoms with van der Waals surface area (Å²) in [5.74, 6) is 0. The third-order valence-electron chi connectivity index (χ3n) is 1.92. The van der Waals surface area contributed by atoms with E-state index >= 15 is 0 Å². The van der Waals surface area contributed by atoms with Gasteiger partial charge in [0, 0.05) is 5.02 Å². The fourth-order valence-corrected chi connectivity index (χ4v) is 2.39. The van der Waals surface area contributed by atoms with Crippen molar-refractivity contribution in [1.82, 2.24) is 0 Å². The van der Waals surface area contributed by atoms with Crippen LogP contribution in [0.5, 0.6) is 0 Å². The van der Waals surface area contributed by atoms with Crippen molar-refractivity contribution in [2.45, 2.75) is 25.6 Å². The summed E-state index contributed by atoms with van der Waals surface area (Å²) >= 11 is 12.0. The molecule has 1 aromatic carbocycles. The second-order valence-electron chi connectivity index (χ2n) is 3.85. The Morgan fingerprint density at radius 1 is 1.15 bits per heavy atom. The van der Waals surface area contributed by atoms with Gasteiger partial charge >= 0.3 is 0 Å². The van der Waals surface area contributed by atoms with Gasteiger partial charge in [-0.05, 0) is 30.2 Å². The van der Waals surface area contributed by atoms with E-state index < -0.39 is 7.38 Å².